The summed E-state index contributed by atoms with van der Waals surface area (Å²) in [7, 11) is 0. The van der Waals surface area contributed by atoms with Gasteiger partial charge in [-0.05, 0) is 24.3 Å². The van der Waals surface area contributed by atoms with Crippen LogP contribution in [0.3, 0.4) is 0 Å². The van der Waals surface area contributed by atoms with Gasteiger partial charge in [-0.3, -0.25) is 9.36 Å². The van der Waals surface area contributed by atoms with Crippen LogP contribution in [0.2, 0.25) is 20.1 Å². The molecule has 3 aromatic rings. The van der Waals surface area contributed by atoms with Crippen molar-refractivity contribution >= 4 is 69.8 Å². The Morgan fingerprint density at radius 3 is 2.74 bits per heavy atom. The Balaban J connectivity index is 1.65. The fraction of sp³-hybridized carbons (Fsp3) is 0.150. The van der Waals surface area contributed by atoms with Gasteiger partial charge in [0, 0.05) is 17.6 Å². The second-order valence-corrected chi connectivity index (χ2v) is 8.67. The number of nitrogens with one attached hydrogen (secondary N) is 1. The van der Waals surface area contributed by atoms with Crippen LogP contribution in [-0.4, -0.2) is 26.4 Å². The van der Waals surface area contributed by atoms with Crippen LogP contribution in [-0.2, 0) is 17.9 Å². The molecule has 1 aromatic heterocycles. The van der Waals surface area contributed by atoms with Crippen molar-refractivity contribution in [2.45, 2.75) is 18.3 Å². The van der Waals surface area contributed by atoms with Gasteiger partial charge in [-0.2, -0.15) is 0 Å². The van der Waals surface area contributed by atoms with Gasteiger partial charge in [0.1, 0.15) is 12.4 Å². The summed E-state index contributed by atoms with van der Waals surface area (Å²) < 4.78 is 7.54. The predicted molar refractivity (Wildman–Crippen MR) is 127 cm³/mol. The lowest BCUT2D eigenvalue weighted by Crippen LogP contribution is -2.15. The van der Waals surface area contributed by atoms with E-state index in [2.05, 4.69) is 22.1 Å². The Bertz CT molecular complexity index is 1110. The summed E-state index contributed by atoms with van der Waals surface area (Å²) >= 11 is 25.4. The molecular weight excluding hydrogens is 502 g/mol. The zero-order valence-corrected chi connectivity index (χ0v) is 19.8. The lowest BCUT2D eigenvalue weighted by Gasteiger charge is -2.11. The number of aromatic nitrogens is 3. The van der Waals surface area contributed by atoms with Crippen LogP contribution < -0.4 is 10.1 Å². The normalized spacial score (nSPS) is 10.7. The molecule has 1 N–H and O–H groups in total. The molecule has 0 aliphatic rings. The topological polar surface area (TPSA) is 69.0 Å². The molecule has 31 heavy (non-hydrogen) atoms. The Hall–Kier alpha value is -1.90. The van der Waals surface area contributed by atoms with Gasteiger partial charge < -0.3 is 10.1 Å². The number of thioether (sulfide) groups is 1. The Kier molecular flexibility index (Phi) is 8.51. The zero-order chi connectivity index (χ0) is 22.4. The third kappa shape index (κ3) is 6.30. The number of nitrogens with zero attached hydrogens (tertiary/aromatic N) is 3. The van der Waals surface area contributed by atoms with Gasteiger partial charge in [0.2, 0.25) is 5.91 Å². The molecular formula is C20H16Cl4N4O2S. The van der Waals surface area contributed by atoms with E-state index in [-0.39, 0.29) is 23.3 Å². The zero-order valence-electron chi connectivity index (χ0n) is 15.9. The highest BCUT2D eigenvalue weighted by atomic mass is 35.5. The molecule has 1 amide bonds. The highest BCUT2D eigenvalue weighted by molar-refractivity contribution is 7.99. The molecule has 0 atom stereocenters. The van der Waals surface area contributed by atoms with Crippen LogP contribution in [0.5, 0.6) is 5.75 Å². The number of anilines is 1. The van der Waals surface area contributed by atoms with Crippen molar-refractivity contribution < 1.29 is 9.53 Å². The number of allylic oxidation sites excluding steroid dienone is 1. The van der Waals surface area contributed by atoms with E-state index in [9.17, 15) is 4.79 Å². The van der Waals surface area contributed by atoms with Crippen LogP contribution in [0.25, 0.3) is 0 Å². The van der Waals surface area contributed by atoms with E-state index in [1.807, 2.05) is 0 Å². The molecule has 0 aliphatic carbocycles. The summed E-state index contributed by atoms with van der Waals surface area (Å²) in [6, 6.07) is 9.97. The summed E-state index contributed by atoms with van der Waals surface area (Å²) in [5, 5.41) is 13.2. The van der Waals surface area contributed by atoms with E-state index < -0.39 is 0 Å². The first-order chi connectivity index (χ1) is 14.9. The number of hydrogen-bond donors (Lipinski definition) is 1. The minimum absolute atomic E-state index is 0.0963. The maximum atomic E-state index is 12.3. The first-order valence-electron chi connectivity index (χ1n) is 8.86. The monoisotopic (exact) mass is 516 g/mol. The van der Waals surface area contributed by atoms with Crippen molar-refractivity contribution in [3.05, 3.63) is 75.0 Å². The van der Waals surface area contributed by atoms with Gasteiger partial charge in [-0.1, -0.05) is 70.3 Å². The highest BCUT2D eigenvalue weighted by Gasteiger charge is 2.16. The van der Waals surface area contributed by atoms with Gasteiger partial charge in [0.25, 0.3) is 0 Å². The number of ether oxygens (including phenoxy) is 1. The van der Waals surface area contributed by atoms with Gasteiger partial charge in [-0.15, -0.1) is 16.8 Å². The fourth-order valence-electron chi connectivity index (χ4n) is 2.49. The average molecular weight is 518 g/mol. The predicted octanol–water partition coefficient (Wildman–Crippen LogP) is 6.39. The lowest BCUT2D eigenvalue weighted by molar-refractivity contribution is -0.113. The van der Waals surface area contributed by atoms with Crippen molar-refractivity contribution in [3.63, 3.8) is 0 Å². The van der Waals surface area contributed by atoms with Crippen molar-refractivity contribution in [2.24, 2.45) is 0 Å². The quantitative estimate of drug-likeness (QED) is 0.263. The number of amides is 1. The Morgan fingerprint density at radius 2 is 1.97 bits per heavy atom. The van der Waals surface area contributed by atoms with Crippen LogP contribution >= 0.6 is 58.2 Å². The first-order valence-corrected chi connectivity index (χ1v) is 11.4. The van der Waals surface area contributed by atoms with E-state index in [4.69, 9.17) is 51.1 Å². The van der Waals surface area contributed by atoms with Crippen LogP contribution in [0.4, 0.5) is 5.69 Å². The van der Waals surface area contributed by atoms with Crippen molar-refractivity contribution in [3.8, 4) is 5.75 Å². The molecule has 0 fully saturated rings. The third-order valence-electron chi connectivity index (χ3n) is 3.91. The SMILES string of the molecule is C=CCn1c(COc2cc(Cl)ccc2Cl)nnc1SCC(=O)Nc1cccc(Cl)c1Cl. The average Bonchev–Trinajstić information content (AvgIpc) is 3.12. The third-order valence-corrected chi connectivity index (χ3v) is 6.25. The highest BCUT2D eigenvalue weighted by Crippen LogP contribution is 2.30. The molecule has 0 saturated heterocycles. The number of carbonyl (C=O) groups is 1. The standard InChI is InChI=1S/C20H16Cl4N4O2S/c1-2-8-28-17(10-30-16-9-12(21)6-7-13(16)22)26-27-20(28)31-11-18(29)25-15-5-3-4-14(23)19(15)24/h2-7,9H,1,8,10-11H2,(H,25,29). The van der Waals surface area contributed by atoms with Crippen molar-refractivity contribution in [2.75, 3.05) is 11.1 Å². The van der Waals surface area contributed by atoms with E-state index in [1.54, 1.807) is 47.0 Å². The molecule has 0 spiro atoms. The molecule has 1 heterocycles. The minimum Gasteiger partial charge on any atom is -0.484 e. The molecule has 0 aliphatic heterocycles. The Morgan fingerprint density at radius 1 is 1.16 bits per heavy atom. The minimum atomic E-state index is -0.258. The van der Waals surface area contributed by atoms with Gasteiger partial charge in [0.15, 0.2) is 11.0 Å². The molecule has 0 radical (unpaired) electrons. The van der Waals surface area contributed by atoms with E-state index in [0.717, 1.165) is 0 Å². The summed E-state index contributed by atoms with van der Waals surface area (Å²) in [5.74, 6) is 0.830. The van der Waals surface area contributed by atoms with Gasteiger partial charge in [0.05, 0.1) is 26.5 Å². The second kappa shape index (κ2) is 11.1. The molecule has 6 nitrogen and oxygen atoms in total. The number of carbonyl (C=O) groups excluding carboxylic acids is 1. The number of rotatable bonds is 9. The van der Waals surface area contributed by atoms with E-state index >= 15 is 0 Å². The van der Waals surface area contributed by atoms with Crippen LogP contribution in [0.1, 0.15) is 5.82 Å². The van der Waals surface area contributed by atoms with Crippen molar-refractivity contribution in [1.29, 1.82) is 0 Å². The van der Waals surface area contributed by atoms with Crippen molar-refractivity contribution in [1.82, 2.24) is 14.8 Å². The molecule has 0 unspecified atom stereocenters. The largest absolute Gasteiger partial charge is 0.484 e. The van der Waals surface area contributed by atoms with Crippen LogP contribution in [0.15, 0.2) is 54.2 Å². The maximum absolute atomic E-state index is 12.3. The number of benzene rings is 2. The maximum Gasteiger partial charge on any atom is 0.234 e. The smallest absolute Gasteiger partial charge is 0.234 e. The van der Waals surface area contributed by atoms with Gasteiger partial charge in [-0.25, -0.2) is 0 Å². The Labute approximate surface area is 203 Å². The molecule has 11 heteroatoms. The van der Waals surface area contributed by atoms with E-state index in [0.29, 0.717) is 44.0 Å². The summed E-state index contributed by atoms with van der Waals surface area (Å²) in [6.45, 7) is 4.32. The lowest BCUT2D eigenvalue weighted by atomic mass is 10.3. The molecule has 0 saturated carbocycles. The number of hydrogen-bond acceptors (Lipinski definition) is 5. The molecule has 2 aromatic carbocycles. The number of halogens is 4. The second-order valence-electron chi connectivity index (χ2n) is 6.10. The molecule has 162 valence electrons. The van der Waals surface area contributed by atoms with Gasteiger partial charge >= 0.3 is 0 Å². The first kappa shape index (κ1) is 23.8. The van der Waals surface area contributed by atoms with Crippen LogP contribution in [0, 0.1) is 0 Å². The summed E-state index contributed by atoms with van der Waals surface area (Å²) in [6.07, 6.45) is 1.70. The summed E-state index contributed by atoms with van der Waals surface area (Å²) in [5.41, 5.74) is 0.444. The molecule has 0 bridgehead atoms. The molecule has 3 rings (SSSR count). The fourth-order valence-corrected chi connectivity index (χ4v) is 3.94. The summed E-state index contributed by atoms with van der Waals surface area (Å²) in [4.78, 5) is 12.3. The van der Waals surface area contributed by atoms with E-state index in [1.165, 1.54) is 11.8 Å².